The second kappa shape index (κ2) is 5.02. The van der Waals surface area contributed by atoms with Gasteiger partial charge in [0.2, 0.25) is 5.78 Å². The maximum absolute atomic E-state index is 12.6. The number of ketones is 1. The lowest BCUT2D eigenvalue weighted by Crippen LogP contribution is -2.09. The van der Waals surface area contributed by atoms with Crippen molar-refractivity contribution in [2.75, 3.05) is 0 Å². The zero-order valence-electron chi connectivity index (χ0n) is 11.7. The molecule has 2 nitrogen and oxygen atoms in total. The Morgan fingerprint density at radius 3 is 2.23 bits per heavy atom. The van der Waals surface area contributed by atoms with Gasteiger partial charge in [0.1, 0.15) is 0 Å². The predicted molar refractivity (Wildman–Crippen MR) is 77.8 cm³/mol. The van der Waals surface area contributed by atoms with Crippen LogP contribution in [0.4, 0.5) is 13.2 Å². The summed E-state index contributed by atoms with van der Waals surface area (Å²) in [4.78, 5) is 12.5. The van der Waals surface area contributed by atoms with Gasteiger partial charge in [-0.2, -0.15) is 13.2 Å². The first-order chi connectivity index (χ1) is 10.4. The molecule has 0 bridgehead atoms. The van der Waals surface area contributed by atoms with Crippen molar-refractivity contribution >= 4 is 16.7 Å². The molecule has 3 aromatic rings. The highest BCUT2D eigenvalue weighted by atomic mass is 19.4. The summed E-state index contributed by atoms with van der Waals surface area (Å²) >= 11 is 0. The van der Waals surface area contributed by atoms with Crippen molar-refractivity contribution < 1.29 is 18.0 Å². The van der Waals surface area contributed by atoms with Gasteiger partial charge in [-0.1, -0.05) is 30.3 Å². The Labute approximate surface area is 124 Å². The van der Waals surface area contributed by atoms with Gasteiger partial charge in [-0.15, -0.1) is 0 Å². The van der Waals surface area contributed by atoms with Crippen LogP contribution in [-0.4, -0.2) is 10.4 Å². The van der Waals surface area contributed by atoms with Gasteiger partial charge in [-0.05, 0) is 24.3 Å². The number of fused-ring (bicyclic) bond motifs is 1. The smallest absolute Gasteiger partial charge is 0.341 e. The second-order valence-electron chi connectivity index (χ2n) is 5.05. The maximum Gasteiger partial charge on any atom is 0.416 e. The third-order valence-corrected chi connectivity index (χ3v) is 3.66. The molecule has 1 heterocycles. The Bertz CT molecular complexity index is 844. The number of hydrogen-bond donors (Lipinski definition) is 0. The van der Waals surface area contributed by atoms with Crippen LogP contribution in [0.2, 0.25) is 0 Å². The van der Waals surface area contributed by atoms with E-state index in [0.29, 0.717) is 5.69 Å². The molecule has 0 atom stereocenters. The molecule has 2 aromatic carbocycles. The highest BCUT2D eigenvalue weighted by molar-refractivity contribution is 6.10. The van der Waals surface area contributed by atoms with Crippen LogP contribution in [0.25, 0.3) is 10.9 Å². The minimum absolute atomic E-state index is 0.235. The lowest BCUT2D eigenvalue weighted by Gasteiger charge is -2.08. The van der Waals surface area contributed by atoms with Crippen molar-refractivity contribution in [1.82, 2.24) is 4.57 Å². The molecule has 22 heavy (non-hydrogen) atoms. The molecule has 1 aromatic heterocycles. The van der Waals surface area contributed by atoms with Crippen LogP contribution < -0.4 is 0 Å². The molecule has 0 amide bonds. The molecule has 0 fully saturated rings. The molecule has 0 aliphatic carbocycles. The van der Waals surface area contributed by atoms with E-state index >= 15 is 0 Å². The van der Waals surface area contributed by atoms with Crippen molar-refractivity contribution in [3.8, 4) is 0 Å². The second-order valence-corrected chi connectivity index (χ2v) is 5.05. The average Bonchev–Trinajstić information content (AvgIpc) is 2.83. The van der Waals surface area contributed by atoms with Crippen LogP contribution in [0.15, 0.2) is 54.6 Å². The zero-order chi connectivity index (χ0) is 15.9. The van der Waals surface area contributed by atoms with Crippen LogP contribution >= 0.6 is 0 Å². The molecule has 0 saturated carbocycles. The number of benzene rings is 2. The molecule has 0 N–H and O–H groups in total. The number of aromatic nitrogens is 1. The summed E-state index contributed by atoms with van der Waals surface area (Å²) in [6, 6.07) is 13.5. The van der Waals surface area contributed by atoms with Crippen molar-refractivity contribution in [1.29, 1.82) is 0 Å². The lowest BCUT2D eigenvalue weighted by atomic mass is 10.1. The topological polar surface area (TPSA) is 22.0 Å². The molecule has 0 saturated heterocycles. The Morgan fingerprint density at radius 1 is 1.00 bits per heavy atom. The summed E-state index contributed by atoms with van der Waals surface area (Å²) in [6.45, 7) is 0. The fourth-order valence-corrected chi connectivity index (χ4v) is 2.47. The highest BCUT2D eigenvalue weighted by Gasteiger charge is 2.30. The fourth-order valence-electron chi connectivity index (χ4n) is 2.47. The molecule has 5 heteroatoms. The molecular weight excluding hydrogens is 291 g/mol. The normalized spacial score (nSPS) is 11.8. The van der Waals surface area contributed by atoms with Crippen LogP contribution in [0.1, 0.15) is 21.6 Å². The number of carbonyl (C=O) groups is 1. The van der Waals surface area contributed by atoms with E-state index in [1.54, 1.807) is 17.7 Å². The van der Waals surface area contributed by atoms with Gasteiger partial charge in [0.15, 0.2) is 0 Å². The van der Waals surface area contributed by atoms with E-state index in [-0.39, 0.29) is 11.3 Å². The minimum atomic E-state index is -4.40. The molecule has 0 radical (unpaired) electrons. The Balaban J connectivity index is 2.01. The number of para-hydroxylation sites is 1. The third kappa shape index (κ3) is 2.39. The van der Waals surface area contributed by atoms with Gasteiger partial charge in [-0.3, -0.25) is 4.79 Å². The monoisotopic (exact) mass is 303 g/mol. The molecule has 0 aliphatic rings. The molecule has 0 spiro atoms. The predicted octanol–water partition coefficient (Wildman–Crippen LogP) is 4.43. The van der Waals surface area contributed by atoms with Gasteiger partial charge < -0.3 is 4.57 Å². The number of nitrogens with zero attached hydrogens (tertiary/aromatic N) is 1. The maximum atomic E-state index is 12.6. The number of carbonyl (C=O) groups excluding carboxylic acids is 1. The first-order valence-electron chi connectivity index (χ1n) is 6.64. The molecule has 0 aliphatic heterocycles. The van der Waals surface area contributed by atoms with Crippen molar-refractivity contribution in [2.24, 2.45) is 7.05 Å². The fraction of sp³-hybridized carbons (Fsp3) is 0.118. The van der Waals surface area contributed by atoms with E-state index in [0.717, 1.165) is 23.0 Å². The Hall–Kier alpha value is -2.56. The SMILES string of the molecule is Cn1c(C(=O)c2ccc(C(F)(F)F)cc2)cc2ccccc21. The standard InChI is InChI=1S/C17H12F3NO/c1-21-14-5-3-2-4-12(14)10-15(21)16(22)11-6-8-13(9-7-11)17(18,19)20/h2-10H,1H3. The summed E-state index contributed by atoms with van der Waals surface area (Å²) in [5.41, 5.74) is 0.818. The number of alkyl halides is 3. The van der Waals surface area contributed by atoms with Gasteiger partial charge >= 0.3 is 6.18 Å². The van der Waals surface area contributed by atoms with Crippen molar-refractivity contribution in [3.05, 3.63) is 71.4 Å². The summed E-state index contributed by atoms with van der Waals surface area (Å²) < 4.78 is 39.4. The van der Waals surface area contributed by atoms with E-state index in [1.807, 2.05) is 24.3 Å². The van der Waals surface area contributed by atoms with Crippen LogP contribution in [0.5, 0.6) is 0 Å². The summed E-state index contributed by atoms with van der Waals surface area (Å²) in [5.74, 6) is -0.299. The number of rotatable bonds is 2. The van der Waals surface area contributed by atoms with Crippen LogP contribution in [-0.2, 0) is 13.2 Å². The van der Waals surface area contributed by atoms with Gasteiger partial charge in [0.25, 0.3) is 0 Å². The summed E-state index contributed by atoms with van der Waals surface area (Å²) in [6.07, 6.45) is -4.40. The number of hydrogen-bond acceptors (Lipinski definition) is 1. The minimum Gasteiger partial charge on any atom is -0.341 e. The number of halogens is 3. The first kappa shape index (κ1) is 14.4. The Morgan fingerprint density at radius 2 is 1.64 bits per heavy atom. The highest BCUT2D eigenvalue weighted by Crippen LogP contribution is 2.29. The van der Waals surface area contributed by atoms with E-state index in [4.69, 9.17) is 0 Å². The number of aryl methyl sites for hydroxylation is 1. The van der Waals surface area contributed by atoms with Crippen LogP contribution in [0.3, 0.4) is 0 Å². The first-order valence-corrected chi connectivity index (χ1v) is 6.64. The Kier molecular flexibility index (Phi) is 3.28. The van der Waals surface area contributed by atoms with E-state index < -0.39 is 11.7 Å². The molecule has 3 rings (SSSR count). The quantitative estimate of drug-likeness (QED) is 0.642. The van der Waals surface area contributed by atoms with E-state index in [9.17, 15) is 18.0 Å². The largest absolute Gasteiger partial charge is 0.416 e. The average molecular weight is 303 g/mol. The van der Waals surface area contributed by atoms with Gasteiger partial charge in [-0.25, -0.2) is 0 Å². The third-order valence-electron chi connectivity index (χ3n) is 3.66. The summed E-state index contributed by atoms with van der Waals surface area (Å²) in [5, 5.41) is 0.917. The van der Waals surface area contributed by atoms with Gasteiger partial charge in [0, 0.05) is 23.5 Å². The van der Waals surface area contributed by atoms with Crippen molar-refractivity contribution in [2.45, 2.75) is 6.18 Å². The van der Waals surface area contributed by atoms with Gasteiger partial charge in [0.05, 0.1) is 11.3 Å². The molecule has 112 valence electrons. The van der Waals surface area contributed by atoms with E-state index in [1.165, 1.54) is 12.1 Å². The van der Waals surface area contributed by atoms with Crippen LogP contribution in [0, 0.1) is 0 Å². The zero-order valence-corrected chi connectivity index (χ0v) is 11.7. The van der Waals surface area contributed by atoms with E-state index in [2.05, 4.69) is 0 Å². The lowest BCUT2D eigenvalue weighted by molar-refractivity contribution is -0.137. The van der Waals surface area contributed by atoms with Crippen molar-refractivity contribution in [3.63, 3.8) is 0 Å². The molecular formula is C17H12F3NO. The molecule has 0 unspecified atom stereocenters. The summed E-state index contributed by atoms with van der Waals surface area (Å²) in [7, 11) is 1.76.